The number of halogens is 1. The Morgan fingerprint density at radius 3 is 2.60 bits per heavy atom. The lowest BCUT2D eigenvalue weighted by atomic mass is 9.97. The largest absolute Gasteiger partial charge is 0.493 e. The molecule has 0 saturated heterocycles. The van der Waals surface area contributed by atoms with Gasteiger partial charge in [0.1, 0.15) is 0 Å². The van der Waals surface area contributed by atoms with Crippen molar-refractivity contribution in [3.8, 4) is 11.5 Å². The van der Waals surface area contributed by atoms with Crippen LogP contribution < -0.4 is 19.9 Å². The van der Waals surface area contributed by atoms with Crippen LogP contribution in [0.1, 0.15) is 42.7 Å². The van der Waals surface area contributed by atoms with Gasteiger partial charge in [-0.05, 0) is 35.6 Å². The third kappa shape index (κ3) is 4.33. The van der Waals surface area contributed by atoms with Crippen LogP contribution in [0.15, 0.2) is 24.3 Å². The zero-order valence-electron chi connectivity index (χ0n) is 17.7. The summed E-state index contributed by atoms with van der Waals surface area (Å²) in [7, 11) is 2.98. The molecule has 0 aliphatic carbocycles. The van der Waals surface area contributed by atoms with Gasteiger partial charge < -0.3 is 15.2 Å². The van der Waals surface area contributed by atoms with Crippen molar-refractivity contribution < 1.29 is 19.0 Å². The second-order valence-electron chi connectivity index (χ2n) is 7.11. The predicted molar refractivity (Wildman–Crippen MR) is 114 cm³/mol. The van der Waals surface area contributed by atoms with Crippen molar-refractivity contribution in [1.29, 1.82) is 0 Å². The molecule has 0 fully saturated rings. The molecule has 0 atom stereocenters. The summed E-state index contributed by atoms with van der Waals surface area (Å²) in [6.45, 7) is 4.34. The van der Waals surface area contributed by atoms with Crippen LogP contribution in [0, 0.1) is 5.92 Å². The number of ketones is 1. The molecule has 9 heteroatoms. The maximum atomic E-state index is 12.9. The first kappa shape index (κ1) is 21.8. The van der Waals surface area contributed by atoms with E-state index in [1.807, 2.05) is 12.1 Å². The molecule has 0 aliphatic heterocycles. The number of nitrogen functional groups attached to an aromatic ring is 1. The van der Waals surface area contributed by atoms with Gasteiger partial charge >= 0.3 is 11.6 Å². The summed E-state index contributed by atoms with van der Waals surface area (Å²) in [6, 6.07) is 7.01. The van der Waals surface area contributed by atoms with Crippen molar-refractivity contribution in [2.24, 2.45) is 5.92 Å². The molecule has 0 aliphatic rings. The average molecular weight is 433 g/mol. The number of fused-ring (bicyclic) bond motifs is 1. The first-order valence-corrected chi connectivity index (χ1v) is 10.3. The number of ether oxygens (including phenoxy) is 2. The highest BCUT2D eigenvalue weighted by atomic mass is 35.5. The summed E-state index contributed by atoms with van der Waals surface area (Å²) in [6.07, 6.45) is 3.07. The van der Waals surface area contributed by atoms with Crippen molar-refractivity contribution in [2.75, 3.05) is 20.0 Å². The van der Waals surface area contributed by atoms with Crippen LogP contribution in [0.3, 0.4) is 0 Å². The molecule has 2 aromatic heterocycles. The van der Waals surface area contributed by atoms with Crippen LogP contribution in [-0.2, 0) is 13.0 Å². The first-order valence-electron chi connectivity index (χ1n) is 9.90. The van der Waals surface area contributed by atoms with Crippen LogP contribution >= 0.6 is 11.6 Å². The van der Waals surface area contributed by atoms with Crippen LogP contribution in [0.4, 0.5) is 5.95 Å². The molecule has 0 spiro atoms. The van der Waals surface area contributed by atoms with Gasteiger partial charge in [0.2, 0.25) is 5.78 Å². The standard InChI is InChI=1S/C21H27ClN5O3/c1-5-13(6-2)9-15-7-8-19-26(25-21(23)27(19)24-15)12-17(28)14-10-16(22)20(30-4)18(11-14)29-3/h7-8,10-11,13H,5-6,9,12H2,1-4H3,(H2,23,25)/q+1. The molecule has 30 heavy (non-hydrogen) atoms. The molecule has 0 radical (unpaired) electrons. The summed E-state index contributed by atoms with van der Waals surface area (Å²) in [5, 5.41) is 9.21. The van der Waals surface area contributed by atoms with Crippen molar-refractivity contribution in [3.63, 3.8) is 0 Å². The SMILES string of the molecule is CCC(CC)Cc1ccc2n(n1)c(N)n[n+]2CC(=O)c1cc(Cl)c(OC)c(OC)c1. The second-order valence-corrected chi connectivity index (χ2v) is 7.52. The van der Waals surface area contributed by atoms with Crippen LogP contribution in [0.25, 0.3) is 5.65 Å². The molecule has 0 saturated carbocycles. The van der Waals surface area contributed by atoms with Gasteiger partial charge in [-0.3, -0.25) is 4.79 Å². The second kappa shape index (κ2) is 9.30. The fourth-order valence-corrected chi connectivity index (χ4v) is 3.73. The smallest absolute Gasteiger partial charge is 0.355 e. The van der Waals surface area contributed by atoms with E-state index in [-0.39, 0.29) is 18.3 Å². The van der Waals surface area contributed by atoms with Gasteiger partial charge in [-0.25, -0.2) is 0 Å². The molecule has 3 aromatic rings. The van der Waals surface area contributed by atoms with Crippen molar-refractivity contribution in [2.45, 2.75) is 39.7 Å². The quantitative estimate of drug-likeness (QED) is 0.412. The molecule has 1 aromatic carbocycles. The van der Waals surface area contributed by atoms with Crippen molar-refractivity contribution in [1.82, 2.24) is 14.7 Å². The highest BCUT2D eigenvalue weighted by Crippen LogP contribution is 2.36. The van der Waals surface area contributed by atoms with E-state index in [4.69, 9.17) is 26.8 Å². The third-order valence-corrected chi connectivity index (χ3v) is 5.56. The van der Waals surface area contributed by atoms with E-state index in [9.17, 15) is 4.79 Å². The van der Waals surface area contributed by atoms with Crippen molar-refractivity contribution >= 4 is 29.0 Å². The minimum absolute atomic E-state index is 0.0138. The summed E-state index contributed by atoms with van der Waals surface area (Å²) >= 11 is 6.23. The number of nitrogens with zero attached hydrogens (tertiary/aromatic N) is 4. The van der Waals surface area contributed by atoms with Gasteiger partial charge in [0.05, 0.1) is 24.9 Å². The maximum Gasteiger partial charge on any atom is 0.355 e. The Morgan fingerprint density at radius 1 is 1.23 bits per heavy atom. The number of nitrogens with two attached hydrogens (primary N) is 1. The normalized spacial score (nSPS) is 11.3. The number of hydrogen-bond acceptors (Lipinski definition) is 6. The lowest BCUT2D eigenvalue weighted by Crippen LogP contribution is -2.40. The summed E-state index contributed by atoms with van der Waals surface area (Å²) in [4.78, 5) is 12.9. The minimum atomic E-state index is -0.191. The van der Waals surface area contributed by atoms with Gasteiger partial charge in [-0.1, -0.05) is 47.9 Å². The van der Waals surface area contributed by atoms with Crippen LogP contribution in [-0.4, -0.2) is 34.7 Å². The molecule has 160 valence electrons. The van der Waals surface area contributed by atoms with E-state index < -0.39 is 0 Å². The zero-order chi connectivity index (χ0) is 21.8. The topological polar surface area (TPSA) is 95.6 Å². The van der Waals surface area contributed by atoms with E-state index in [1.54, 1.807) is 16.6 Å². The lowest BCUT2D eigenvalue weighted by Gasteiger charge is -2.10. The van der Waals surface area contributed by atoms with Crippen LogP contribution in [0.5, 0.6) is 11.5 Å². The molecule has 0 bridgehead atoms. The van der Waals surface area contributed by atoms with E-state index in [0.717, 1.165) is 25.0 Å². The number of hydrogen-bond donors (Lipinski definition) is 1. The highest BCUT2D eigenvalue weighted by Gasteiger charge is 2.23. The molecule has 2 heterocycles. The highest BCUT2D eigenvalue weighted by molar-refractivity contribution is 6.32. The van der Waals surface area contributed by atoms with Crippen LogP contribution in [0.2, 0.25) is 5.02 Å². The summed E-state index contributed by atoms with van der Waals surface area (Å²) in [5.41, 5.74) is 8.04. The number of aromatic nitrogens is 4. The van der Waals surface area contributed by atoms with Gasteiger partial charge in [0.25, 0.3) is 0 Å². The Labute approximate surface area is 180 Å². The molecule has 2 N–H and O–H groups in total. The molecule has 3 rings (SSSR count). The predicted octanol–water partition coefficient (Wildman–Crippen LogP) is 3.13. The van der Waals surface area contributed by atoms with Gasteiger partial charge in [-0.2, -0.15) is 0 Å². The Hall–Kier alpha value is -2.87. The Bertz CT molecular complexity index is 1060. The summed E-state index contributed by atoms with van der Waals surface area (Å²) < 4.78 is 13.6. The monoisotopic (exact) mass is 432 g/mol. The van der Waals surface area contributed by atoms with E-state index in [0.29, 0.717) is 33.7 Å². The third-order valence-electron chi connectivity index (χ3n) is 5.28. The van der Waals surface area contributed by atoms with Gasteiger partial charge in [-0.15, -0.1) is 4.68 Å². The first-order chi connectivity index (χ1) is 14.4. The molecule has 0 amide bonds. The minimum Gasteiger partial charge on any atom is -0.493 e. The Balaban J connectivity index is 1.89. The zero-order valence-corrected chi connectivity index (χ0v) is 18.4. The fraction of sp³-hybridized carbons (Fsp3) is 0.429. The molecule has 0 unspecified atom stereocenters. The number of carbonyl (C=O) groups excluding carboxylic acids is 1. The van der Waals surface area contributed by atoms with E-state index in [1.165, 1.54) is 18.9 Å². The maximum absolute atomic E-state index is 12.9. The number of carbonyl (C=O) groups is 1. The van der Waals surface area contributed by atoms with Crippen molar-refractivity contribution in [3.05, 3.63) is 40.5 Å². The molecule has 8 nitrogen and oxygen atoms in total. The molecular weight excluding hydrogens is 406 g/mol. The average Bonchev–Trinajstić information content (AvgIpc) is 3.05. The number of rotatable bonds is 9. The van der Waals surface area contributed by atoms with E-state index >= 15 is 0 Å². The summed E-state index contributed by atoms with van der Waals surface area (Å²) in [5.74, 6) is 1.39. The van der Waals surface area contributed by atoms with E-state index in [2.05, 4.69) is 24.0 Å². The number of methoxy groups -OCH3 is 2. The Morgan fingerprint density at radius 2 is 1.97 bits per heavy atom. The Kier molecular flexibility index (Phi) is 6.77. The fourth-order valence-electron chi connectivity index (χ4n) is 3.44. The number of Topliss-reactive ketones (excluding diaryl/α,β-unsaturated/α-hetero) is 1. The number of anilines is 1. The molecular formula is C21H27ClN5O3+. The van der Waals surface area contributed by atoms with Gasteiger partial charge in [0, 0.05) is 11.6 Å². The number of benzene rings is 1. The lowest BCUT2D eigenvalue weighted by molar-refractivity contribution is -0.714. The van der Waals surface area contributed by atoms with Gasteiger partial charge in [0.15, 0.2) is 18.0 Å².